The van der Waals surface area contributed by atoms with Crippen molar-refractivity contribution in [1.82, 2.24) is 19.8 Å². The first-order valence-electron chi connectivity index (χ1n) is 9.48. The minimum atomic E-state index is -0.100. The zero-order valence-electron chi connectivity index (χ0n) is 15.3. The van der Waals surface area contributed by atoms with Crippen LogP contribution in [0.25, 0.3) is 5.69 Å². The number of carbonyl (C=O) groups excluding carboxylic acids is 1. The average molecular weight is 360 g/mol. The van der Waals surface area contributed by atoms with Crippen LogP contribution >= 0.6 is 0 Å². The number of amides is 1. The fourth-order valence-electron chi connectivity index (χ4n) is 3.72. The number of hydrogen-bond donors (Lipinski definition) is 1. The highest BCUT2D eigenvalue weighted by Gasteiger charge is 2.24. The van der Waals surface area contributed by atoms with Gasteiger partial charge in [-0.1, -0.05) is 48.5 Å². The van der Waals surface area contributed by atoms with Crippen LogP contribution in [0.5, 0.6) is 0 Å². The van der Waals surface area contributed by atoms with E-state index in [1.54, 1.807) is 12.5 Å². The zero-order chi connectivity index (χ0) is 18.5. The van der Waals surface area contributed by atoms with E-state index in [2.05, 4.69) is 39.5 Å². The molecule has 1 aromatic heterocycles. The van der Waals surface area contributed by atoms with Crippen molar-refractivity contribution in [3.05, 3.63) is 84.4 Å². The van der Waals surface area contributed by atoms with Gasteiger partial charge in [-0.05, 0) is 43.6 Å². The molecule has 1 aliphatic rings. The molecule has 1 fully saturated rings. The molecule has 1 aliphatic heterocycles. The highest BCUT2D eigenvalue weighted by Crippen LogP contribution is 2.24. The smallest absolute Gasteiger partial charge is 0.269 e. The average Bonchev–Trinajstić information content (AvgIpc) is 3.42. The Balaban J connectivity index is 1.50. The van der Waals surface area contributed by atoms with Gasteiger partial charge in [0.25, 0.3) is 5.91 Å². The van der Waals surface area contributed by atoms with Crippen molar-refractivity contribution in [2.75, 3.05) is 19.6 Å². The van der Waals surface area contributed by atoms with Crippen molar-refractivity contribution in [1.29, 1.82) is 0 Å². The summed E-state index contributed by atoms with van der Waals surface area (Å²) in [6, 6.07) is 20.4. The summed E-state index contributed by atoms with van der Waals surface area (Å²) in [5.41, 5.74) is 2.73. The summed E-state index contributed by atoms with van der Waals surface area (Å²) in [7, 11) is 0. The first-order chi connectivity index (χ1) is 13.3. The van der Waals surface area contributed by atoms with E-state index in [1.807, 2.05) is 41.0 Å². The molecule has 1 amide bonds. The number of hydrogen-bond acceptors (Lipinski definition) is 3. The number of rotatable bonds is 6. The summed E-state index contributed by atoms with van der Waals surface area (Å²) in [5.74, 6) is -0.100. The second-order valence-electron chi connectivity index (χ2n) is 6.86. The highest BCUT2D eigenvalue weighted by atomic mass is 16.2. The van der Waals surface area contributed by atoms with E-state index in [0.29, 0.717) is 12.2 Å². The minimum absolute atomic E-state index is 0.100. The summed E-state index contributed by atoms with van der Waals surface area (Å²) in [6.45, 7) is 2.75. The van der Waals surface area contributed by atoms with Crippen molar-refractivity contribution in [2.24, 2.45) is 0 Å². The Bertz CT molecular complexity index is 870. The summed E-state index contributed by atoms with van der Waals surface area (Å²) < 4.78 is 1.82. The van der Waals surface area contributed by atoms with Gasteiger partial charge in [0.05, 0.1) is 18.6 Å². The third-order valence-electron chi connectivity index (χ3n) is 5.13. The van der Waals surface area contributed by atoms with Gasteiger partial charge in [-0.2, -0.15) is 0 Å². The predicted octanol–water partition coefficient (Wildman–Crippen LogP) is 3.44. The van der Waals surface area contributed by atoms with Gasteiger partial charge in [0, 0.05) is 12.2 Å². The zero-order valence-corrected chi connectivity index (χ0v) is 15.3. The number of nitrogens with zero attached hydrogens (tertiary/aromatic N) is 3. The number of para-hydroxylation sites is 1. The molecular formula is C22H24N4O. The first kappa shape index (κ1) is 17.5. The van der Waals surface area contributed by atoms with Gasteiger partial charge in [-0.3, -0.25) is 14.3 Å². The first-order valence-corrected chi connectivity index (χ1v) is 9.48. The van der Waals surface area contributed by atoms with Gasteiger partial charge in [-0.25, -0.2) is 4.98 Å². The maximum absolute atomic E-state index is 12.9. The van der Waals surface area contributed by atoms with Crippen molar-refractivity contribution in [3.8, 4) is 5.69 Å². The number of carbonyl (C=O) groups is 1. The van der Waals surface area contributed by atoms with Crippen molar-refractivity contribution >= 4 is 5.91 Å². The van der Waals surface area contributed by atoms with E-state index in [0.717, 1.165) is 18.8 Å². The van der Waals surface area contributed by atoms with E-state index in [9.17, 15) is 4.79 Å². The molecule has 2 heterocycles. The van der Waals surface area contributed by atoms with Gasteiger partial charge in [0.15, 0.2) is 0 Å². The third kappa shape index (κ3) is 3.93. The lowest BCUT2D eigenvalue weighted by atomic mass is 10.1. The van der Waals surface area contributed by atoms with Gasteiger partial charge < -0.3 is 5.32 Å². The summed E-state index contributed by atoms with van der Waals surface area (Å²) in [5, 5.41) is 3.13. The van der Waals surface area contributed by atoms with E-state index in [4.69, 9.17) is 0 Å². The lowest BCUT2D eigenvalue weighted by Gasteiger charge is -2.28. The molecule has 3 aromatic rings. The lowest BCUT2D eigenvalue weighted by Crippen LogP contribution is -2.37. The van der Waals surface area contributed by atoms with Crippen LogP contribution in [0.4, 0.5) is 0 Å². The van der Waals surface area contributed by atoms with E-state index >= 15 is 0 Å². The molecule has 0 unspecified atom stereocenters. The molecule has 5 heteroatoms. The van der Waals surface area contributed by atoms with Crippen molar-refractivity contribution in [3.63, 3.8) is 0 Å². The van der Waals surface area contributed by atoms with Gasteiger partial charge in [0.2, 0.25) is 0 Å². The molecule has 0 radical (unpaired) electrons. The number of nitrogens with one attached hydrogen (secondary N) is 1. The Morgan fingerprint density at radius 1 is 1.00 bits per heavy atom. The van der Waals surface area contributed by atoms with Crippen LogP contribution in [-0.4, -0.2) is 40.0 Å². The summed E-state index contributed by atoms with van der Waals surface area (Å²) >= 11 is 0. The summed E-state index contributed by atoms with van der Waals surface area (Å²) in [6.07, 6.45) is 5.74. The van der Waals surface area contributed by atoms with Crippen LogP contribution in [0.2, 0.25) is 0 Å². The molecule has 0 bridgehead atoms. The Morgan fingerprint density at radius 2 is 1.67 bits per heavy atom. The Labute approximate surface area is 159 Å². The second kappa shape index (κ2) is 8.18. The molecule has 0 aliphatic carbocycles. The number of aromatic nitrogens is 2. The highest BCUT2D eigenvalue weighted by molar-refractivity contribution is 5.93. The van der Waals surface area contributed by atoms with E-state index < -0.39 is 0 Å². The molecule has 1 N–H and O–H groups in total. The third-order valence-corrected chi connectivity index (χ3v) is 5.13. The van der Waals surface area contributed by atoms with Crippen LogP contribution < -0.4 is 5.32 Å². The second-order valence-corrected chi connectivity index (χ2v) is 6.86. The maximum atomic E-state index is 12.9. The molecule has 0 saturated carbocycles. The number of likely N-dealkylation sites (tertiary alicyclic amines) is 1. The fourth-order valence-corrected chi connectivity index (χ4v) is 3.72. The maximum Gasteiger partial charge on any atom is 0.269 e. The molecule has 2 aromatic carbocycles. The molecule has 1 saturated heterocycles. The van der Waals surface area contributed by atoms with Crippen molar-refractivity contribution in [2.45, 2.75) is 18.9 Å². The molecule has 138 valence electrons. The Hall–Kier alpha value is -2.92. The van der Waals surface area contributed by atoms with Gasteiger partial charge in [-0.15, -0.1) is 0 Å². The lowest BCUT2D eigenvalue weighted by molar-refractivity contribution is 0.0931. The molecule has 5 nitrogen and oxygen atoms in total. The molecule has 1 atom stereocenters. The predicted molar refractivity (Wildman–Crippen MR) is 106 cm³/mol. The summed E-state index contributed by atoms with van der Waals surface area (Å²) in [4.78, 5) is 19.5. The van der Waals surface area contributed by atoms with E-state index in [1.165, 1.54) is 18.4 Å². The van der Waals surface area contributed by atoms with Crippen LogP contribution in [0.1, 0.15) is 34.9 Å². The van der Waals surface area contributed by atoms with E-state index in [-0.39, 0.29) is 11.9 Å². The number of benzene rings is 2. The Morgan fingerprint density at radius 3 is 2.37 bits per heavy atom. The molecule has 4 rings (SSSR count). The topological polar surface area (TPSA) is 50.2 Å². The van der Waals surface area contributed by atoms with Crippen LogP contribution in [-0.2, 0) is 0 Å². The monoisotopic (exact) mass is 360 g/mol. The number of imidazole rings is 1. The van der Waals surface area contributed by atoms with Gasteiger partial charge >= 0.3 is 0 Å². The standard InChI is InChI=1S/C22H24N4O/c27-22(21-15-23-17-26(21)19-11-5-2-6-12-19)24-16-20(25-13-7-8-14-25)18-9-3-1-4-10-18/h1-6,9-12,15,17,20H,7-8,13-14,16H2,(H,24,27)/t20-/m1/s1. The van der Waals surface area contributed by atoms with Crippen LogP contribution in [0, 0.1) is 0 Å². The molecule has 27 heavy (non-hydrogen) atoms. The Kier molecular flexibility index (Phi) is 5.30. The SMILES string of the molecule is O=C(NC[C@H](c1ccccc1)N1CCCC1)c1cncn1-c1ccccc1. The normalized spacial score (nSPS) is 15.6. The minimum Gasteiger partial charge on any atom is -0.349 e. The van der Waals surface area contributed by atoms with Gasteiger partial charge in [0.1, 0.15) is 5.69 Å². The fraction of sp³-hybridized carbons (Fsp3) is 0.273. The largest absolute Gasteiger partial charge is 0.349 e. The molecule has 0 spiro atoms. The van der Waals surface area contributed by atoms with Crippen molar-refractivity contribution < 1.29 is 4.79 Å². The quantitative estimate of drug-likeness (QED) is 0.733. The molecular weight excluding hydrogens is 336 g/mol. The van der Waals surface area contributed by atoms with Crippen LogP contribution in [0.15, 0.2) is 73.2 Å². The van der Waals surface area contributed by atoms with Crippen LogP contribution in [0.3, 0.4) is 0 Å².